The fraction of sp³-hybridized carbons (Fsp3) is 0.714. The van der Waals surface area contributed by atoms with Crippen LogP contribution < -0.4 is 5.73 Å². The molecule has 0 unspecified atom stereocenters. The molecule has 0 aliphatic carbocycles. The van der Waals surface area contributed by atoms with Gasteiger partial charge in [0.25, 0.3) is 0 Å². The van der Waals surface area contributed by atoms with Gasteiger partial charge >= 0.3 is 0 Å². The number of nitrogens with zero attached hydrogens (tertiary/aromatic N) is 2. The maximum Gasteiger partial charge on any atom is 0.228 e. The summed E-state index contributed by atoms with van der Waals surface area (Å²) in [5.41, 5.74) is 5.32. The molecule has 1 aromatic heterocycles. The van der Waals surface area contributed by atoms with Crippen molar-refractivity contribution in [2.75, 3.05) is 13.7 Å². The molecule has 0 fully saturated rings. The summed E-state index contributed by atoms with van der Waals surface area (Å²) in [5.74, 6) is 1.14. The zero-order chi connectivity index (χ0) is 8.97. The molecule has 0 radical (unpaired) electrons. The molecule has 0 amide bonds. The fourth-order valence-electron chi connectivity index (χ4n) is 0.764. The van der Waals surface area contributed by atoms with Gasteiger partial charge in [-0.3, -0.25) is 0 Å². The Kier molecular flexibility index (Phi) is 3.19. The van der Waals surface area contributed by atoms with Gasteiger partial charge in [-0.25, -0.2) is 0 Å². The minimum absolute atomic E-state index is 0.125. The van der Waals surface area contributed by atoms with E-state index >= 15 is 0 Å². The number of hydrogen-bond donors (Lipinski definition) is 1. The normalized spacial score (nSPS) is 13.2. The third-order valence-electron chi connectivity index (χ3n) is 1.56. The molecule has 5 nitrogen and oxygen atoms in total. The first kappa shape index (κ1) is 9.15. The molecule has 0 aliphatic rings. The summed E-state index contributed by atoms with van der Waals surface area (Å²) in [5, 5.41) is 3.74. The fourth-order valence-corrected chi connectivity index (χ4v) is 0.764. The smallest absolute Gasteiger partial charge is 0.228 e. The molecule has 0 spiro atoms. The average molecular weight is 171 g/mol. The van der Waals surface area contributed by atoms with Crippen molar-refractivity contribution in [1.82, 2.24) is 10.1 Å². The highest BCUT2D eigenvalue weighted by Crippen LogP contribution is 2.11. The van der Waals surface area contributed by atoms with E-state index in [0.717, 1.165) is 0 Å². The van der Waals surface area contributed by atoms with Crippen LogP contribution in [-0.4, -0.2) is 23.8 Å². The molecule has 0 saturated heterocycles. The number of hydrogen-bond acceptors (Lipinski definition) is 5. The molecule has 0 saturated carbocycles. The molecule has 5 heteroatoms. The van der Waals surface area contributed by atoms with Crippen LogP contribution in [0.3, 0.4) is 0 Å². The minimum atomic E-state index is -0.125. The summed E-state index contributed by atoms with van der Waals surface area (Å²) < 4.78 is 9.92. The Morgan fingerprint density at radius 1 is 1.67 bits per heavy atom. The second kappa shape index (κ2) is 4.18. The lowest BCUT2D eigenvalue weighted by Gasteiger charge is -2.00. The lowest BCUT2D eigenvalue weighted by molar-refractivity contribution is 0.109. The maximum absolute atomic E-state index is 5.32. The highest BCUT2D eigenvalue weighted by molar-refractivity contribution is 4.89. The number of nitrogens with two attached hydrogens (primary N) is 1. The monoisotopic (exact) mass is 171 g/mol. The van der Waals surface area contributed by atoms with Gasteiger partial charge in [-0.05, 0) is 6.92 Å². The molecule has 1 heterocycles. The van der Waals surface area contributed by atoms with Crippen LogP contribution in [0.15, 0.2) is 4.52 Å². The summed E-state index contributed by atoms with van der Waals surface area (Å²) in [6.07, 6.45) is 0.490. The van der Waals surface area contributed by atoms with Crippen molar-refractivity contribution in [3.05, 3.63) is 11.7 Å². The van der Waals surface area contributed by atoms with Gasteiger partial charge in [0.2, 0.25) is 5.89 Å². The van der Waals surface area contributed by atoms with Crippen LogP contribution in [0.1, 0.15) is 24.7 Å². The minimum Gasteiger partial charge on any atom is -0.374 e. The molecule has 1 atom stereocenters. The van der Waals surface area contributed by atoms with Gasteiger partial charge in [0.1, 0.15) is 6.10 Å². The largest absolute Gasteiger partial charge is 0.374 e. The van der Waals surface area contributed by atoms with E-state index in [-0.39, 0.29) is 6.10 Å². The molecule has 0 bridgehead atoms. The van der Waals surface area contributed by atoms with Crippen molar-refractivity contribution in [3.63, 3.8) is 0 Å². The van der Waals surface area contributed by atoms with Crippen molar-refractivity contribution >= 4 is 0 Å². The Balaban J connectivity index is 2.63. The zero-order valence-corrected chi connectivity index (χ0v) is 7.28. The molecule has 1 aromatic rings. The number of rotatable bonds is 4. The average Bonchev–Trinajstić information content (AvgIpc) is 2.52. The molecule has 0 aliphatic heterocycles. The van der Waals surface area contributed by atoms with Crippen molar-refractivity contribution in [2.45, 2.75) is 19.4 Å². The number of ether oxygens (including phenoxy) is 1. The summed E-state index contributed by atoms with van der Waals surface area (Å²) >= 11 is 0. The third-order valence-corrected chi connectivity index (χ3v) is 1.56. The van der Waals surface area contributed by atoms with Crippen molar-refractivity contribution in [3.8, 4) is 0 Å². The Bertz CT molecular complexity index is 236. The Labute approximate surface area is 70.9 Å². The van der Waals surface area contributed by atoms with Gasteiger partial charge in [-0.2, -0.15) is 4.98 Å². The number of methoxy groups -OCH3 is 1. The van der Waals surface area contributed by atoms with Crippen LogP contribution in [0.4, 0.5) is 0 Å². The summed E-state index contributed by atoms with van der Waals surface area (Å²) in [6.45, 7) is 2.38. The summed E-state index contributed by atoms with van der Waals surface area (Å²) in [6, 6.07) is 0. The molecule has 1 rings (SSSR count). The summed E-state index contributed by atoms with van der Waals surface area (Å²) in [7, 11) is 1.60. The molecule has 12 heavy (non-hydrogen) atoms. The highest BCUT2D eigenvalue weighted by Gasteiger charge is 2.11. The molecular formula is C7H13N3O2. The van der Waals surface area contributed by atoms with E-state index in [9.17, 15) is 0 Å². The number of aromatic nitrogens is 2. The Morgan fingerprint density at radius 3 is 3.00 bits per heavy atom. The van der Waals surface area contributed by atoms with Crippen LogP contribution in [-0.2, 0) is 11.2 Å². The quantitative estimate of drug-likeness (QED) is 0.704. The van der Waals surface area contributed by atoms with Gasteiger partial charge in [0.15, 0.2) is 5.82 Å². The van der Waals surface area contributed by atoms with E-state index in [0.29, 0.717) is 24.7 Å². The van der Waals surface area contributed by atoms with E-state index in [4.69, 9.17) is 15.0 Å². The van der Waals surface area contributed by atoms with Gasteiger partial charge in [-0.15, -0.1) is 0 Å². The van der Waals surface area contributed by atoms with Gasteiger partial charge in [-0.1, -0.05) is 5.16 Å². The van der Waals surface area contributed by atoms with E-state index in [1.54, 1.807) is 7.11 Å². The van der Waals surface area contributed by atoms with Crippen molar-refractivity contribution < 1.29 is 9.26 Å². The molecule has 2 N–H and O–H groups in total. The maximum atomic E-state index is 5.32. The zero-order valence-electron chi connectivity index (χ0n) is 7.28. The van der Waals surface area contributed by atoms with Gasteiger partial charge < -0.3 is 15.0 Å². The second-order valence-corrected chi connectivity index (χ2v) is 2.46. The first-order valence-corrected chi connectivity index (χ1v) is 3.83. The van der Waals surface area contributed by atoms with Crippen LogP contribution >= 0.6 is 0 Å². The predicted octanol–water partition coefficient (Wildman–Crippen LogP) is 0.278. The van der Waals surface area contributed by atoms with E-state index < -0.39 is 0 Å². The molecule has 68 valence electrons. The van der Waals surface area contributed by atoms with Gasteiger partial charge in [0.05, 0.1) is 0 Å². The first-order chi connectivity index (χ1) is 5.77. The van der Waals surface area contributed by atoms with E-state index in [1.165, 1.54) is 0 Å². The van der Waals surface area contributed by atoms with Gasteiger partial charge in [0, 0.05) is 20.1 Å². The molecular weight excluding hydrogens is 158 g/mol. The summed E-state index contributed by atoms with van der Waals surface area (Å²) in [4.78, 5) is 4.09. The van der Waals surface area contributed by atoms with Crippen LogP contribution in [0.5, 0.6) is 0 Å². The lowest BCUT2D eigenvalue weighted by atomic mass is 10.4. The first-order valence-electron chi connectivity index (χ1n) is 3.83. The lowest BCUT2D eigenvalue weighted by Crippen LogP contribution is -2.03. The Morgan fingerprint density at radius 2 is 2.42 bits per heavy atom. The third kappa shape index (κ3) is 2.02. The Hall–Kier alpha value is -0.940. The van der Waals surface area contributed by atoms with Crippen LogP contribution in [0, 0.1) is 0 Å². The second-order valence-electron chi connectivity index (χ2n) is 2.46. The molecule has 0 aromatic carbocycles. The van der Waals surface area contributed by atoms with E-state index in [2.05, 4.69) is 10.1 Å². The topological polar surface area (TPSA) is 74.2 Å². The van der Waals surface area contributed by atoms with Crippen molar-refractivity contribution in [2.24, 2.45) is 5.73 Å². The van der Waals surface area contributed by atoms with Crippen LogP contribution in [0.2, 0.25) is 0 Å². The SMILES string of the molecule is CO[C@H](C)c1noc(CCN)n1. The van der Waals surface area contributed by atoms with Crippen molar-refractivity contribution in [1.29, 1.82) is 0 Å². The highest BCUT2D eigenvalue weighted by atomic mass is 16.5. The van der Waals surface area contributed by atoms with E-state index in [1.807, 2.05) is 6.92 Å². The standard InChI is InChI=1S/C7H13N3O2/c1-5(11-2)7-9-6(3-4-8)12-10-7/h5H,3-4,8H2,1-2H3/t5-/m1/s1. The predicted molar refractivity (Wildman–Crippen MR) is 42.5 cm³/mol. The van der Waals surface area contributed by atoms with Crippen LogP contribution in [0.25, 0.3) is 0 Å².